The van der Waals surface area contributed by atoms with Gasteiger partial charge in [0.25, 0.3) is 11.4 Å². The summed E-state index contributed by atoms with van der Waals surface area (Å²) in [6, 6.07) is 3.82. The number of carbonyl (C=O) groups excluding carboxylic acids is 1. The molecule has 0 aliphatic rings. The Morgan fingerprint density at radius 1 is 1.42 bits per heavy atom. The lowest BCUT2D eigenvalue weighted by Crippen LogP contribution is -2.18. The molecule has 0 aliphatic carbocycles. The molecule has 1 atom stereocenters. The second-order valence-corrected chi connectivity index (χ2v) is 7.79. The van der Waals surface area contributed by atoms with E-state index in [0.29, 0.717) is 27.7 Å². The van der Waals surface area contributed by atoms with Crippen LogP contribution < -0.4 is 4.72 Å². The molecule has 3 rings (SSSR count). The molecule has 3 aromatic rings. The van der Waals surface area contributed by atoms with Gasteiger partial charge in [0.05, 0.1) is 5.56 Å². The summed E-state index contributed by atoms with van der Waals surface area (Å²) in [4.78, 5) is 19.7. The first kappa shape index (κ1) is 18.8. The number of aromatic amines is 1. The molecule has 0 amide bonds. The summed E-state index contributed by atoms with van der Waals surface area (Å²) in [6.07, 6.45) is 3.62. The molecule has 5 nitrogen and oxygen atoms in total. The van der Waals surface area contributed by atoms with Gasteiger partial charge < -0.3 is 4.98 Å². The van der Waals surface area contributed by atoms with Crippen molar-refractivity contribution in [2.75, 3.05) is 10.5 Å². The number of nitrogens with zero attached hydrogens (tertiary/aromatic N) is 1. The Hall–Kier alpha value is -1.97. The fraction of sp³-hybridized carbons (Fsp3) is 0.176. The first-order valence-electron chi connectivity index (χ1n) is 7.74. The Kier molecular flexibility index (Phi) is 5.59. The van der Waals surface area contributed by atoms with E-state index >= 15 is 0 Å². The zero-order valence-corrected chi connectivity index (χ0v) is 16.0. The predicted octanol–water partition coefficient (Wildman–Crippen LogP) is 4.66. The average Bonchev–Trinajstić information content (AvgIpc) is 3.00. The molecule has 26 heavy (non-hydrogen) atoms. The Balaban J connectivity index is 2.04. The van der Waals surface area contributed by atoms with Gasteiger partial charge in [-0.05, 0) is 40.5 Å². The zero-order valence-electron chi connectivity index (χ0n) is 13.6. The standard InChI is InChI=1S/C17H14BrF2N3O2S/c1-2-5-26(25)23-13-4-3-12(19)14(15(13)20)16(24)11-8-22-17-10(11)6-9(18)7-21-17/h3-4,6-8,23,25H,2,5H2,1H3/p+1. The van der Waals surface area contributed by atoms with Gasteiger partial charge in [-0.25, -0.2) is 13.8 Å². The van der Waals surface area contributed by atoms with Crippen LogP contribution in [0.25, 0.3) is 11.0 Å². The summed E-state index contributed by atoms with van der Waals surface area (Å²) in [5, 5.41) is 0.453. The first-order chi connectivity index (χ1) is 12.4. The summed E-state index contributed by atoms with van der Waals surface area (Å²) in [5.41, 5.74) is -0.246. The van der Waals surface area contributed by atoms with E-state index in [1.807, 2.05) is 6.92 Å². The SMILES string of the molecule is CCC[S+](O)Nc1ccc(F)c(C(=O)c2c[nH]c3ncc(Br)cc23)c1F. The van der Waals surface area contributed by atoms with E-state index < -0.39 is 34.3 Å². The van der Waals surface area contributed by atoms with Gasteiger partial charge in [0.15, 0.2) is 11.6 Å². The number of aromatic nitrogens is 2. The normalized spacial score (nSPS) is 12.3. The van der Waals surface area contributed by atoms with Crippen LogP contribution in [-0.4, -0.2) is 26.1 Å². The van der Waals surface area contributed by atoms with Gasteiger partial charge in [0.1, 0.15) is 17.2 Å². The zero-order chi connectivity index (χ0) is 18.8. The smallest absolute Gasteiger partial charge is 0.262 e. The maximum Gasteiger partial charge on any atom is 0.262 e. The number of hydrogen-bond acceptors (Lipinski definition) is 4. The van der Waals surface area contributed by atoms with Crippen molar-refractivity contribution in [1.29, 1.82) is 0 Å². The molecule has 0 spiro atoms. The number of benzene rings is 1. The third kappa shape index (κ3) is 3.60. The molecular weight excluding hydrogens is 428 g/mol. The Morgan fingerprint density at radius 2 is 2.19 bits per heavy atom. The molecule has 0 saturated heterocycles. The van der Waals surface area contributed by atoms with Crippen molar-refractivity contribution in [1.82, 2.24) is 9.97 Å². The molecule has 2 aromatic heterocycles. The summed E-state index contributed by atoms with van der Waals surface area (Å²) in [7, 11) is 0. The monoisotopic (exact) mass is 442 g/mol. The average molecular weight is 443 g/mol. The van der Waals surface area contributed by atoms with Crippen LogP contribution in [0, 0.1) is 11.6 Å². The molecule has 0 fully saturated rings. The summed E-state index contributed by atoms with van der Waals surface area (Å²) >= 11 is 2.00. The van der Waals surface area contributed by atoms with Crippen LogP contribution in [0.5, 0.6) is 0 Å². The lowest BCUT2D eigenvalue weighted by Gasteiger charge is -2.08. The first-order valence-corrected chi connectivity index (χ1v) is 9.88. The molecule has 136 valence electrons. The number of hydrogen-bond donors (Lipinski definition) is 3. The van der Waals surface area contributed by atoms with E-state index in [0.717, 1.165) is 6.07 Å². The van der Waals surface area contributed by atoms with E-state index in [2.05, 4.69) is 30.6 Å². The molecule has 0 saturated carbocycles. The topological polar surface area (TPSA) is 78.0 Å². The number of halogens is 3. The molecule has 2 heterocycles. The van der Waals surface area contributed by atoms with E-state index in [1.54, 1.807) is 12.3 Å². The molecule has 0 radical (unpaired) electrons. The summed E-state index contributed by atoms with van der Waals surface area (Å²) in [5.74, 6) is -2.39. The van der Waals surface area contributed by atoms with E-state index in [-0.39, 0.29) is 11.3 Å². The molecule has 0 bridgehead atoms. The number of rotatable bonds is 6. The minimum absolute atomic E-state index is 0.111. The van der Waals surface area contributed by atoms with Crippen LogP contribution in [0.3, 0.4) is 0 Å². The second kappa shape index (κ2) is 7.73. The van der Waals surface area contributed by atoms with Crippen molar-refractivity contribution in [3.63, 3.8) is 0 Å². The maximum absolute atomic E-state index is 14.8. The minimum atomic E-state index is -1.27. The highest BCUT2D eigenvalue weighted by Crippen LogP contribution is 2.28. The minimum Gasteiger partial charge on any atom is -0.345 e. The van der Waals surface area contributed by atoms with Crippen LogP contribution in [0.1, 0.15) is 29.3 Å². The number of H-pyrrole nitrogens is 1. The lowest BCUT2D eigenvalue weighted by atomic mass is 10.0. The molecule has 0 aliphatic heterocycles. The van der Waals surface area contributed by atoms with E-state index in [9.17, 15) is 18.1 Å². The van der Waals surface area contributed by atoms with E-state index in [4.69, 9.17) is 0 Å². The molecule has 9 heteroatoms. The lowest BCUT2D eigenvalue weighted by molar-refractivity contribution is 0.103. The van der Waals surface area contributed by atoms with Crippen LogP contribution in [0.4, 0.5) is 14.5 Å². The van der Waals surface area contributed by atoms with Crippen LogP contribution >= 0.6 is 15.9 Å². The molecule has 1 unspecified atom stereocenters. The van der Waals surface area contributed by atoms with Gasteiger partial charge in [-0.3, -0.25) is 4.79 Å². The number of nitrogens with one attached hydrogen (secondary N) is 2. The van der Waals surface area contributed by atoms with Crippen molar-refractivity contribution >= 4 is 49.8 Å². The quantitative estimate of drug-likeness (QED) is 0.383. The fourth-order valence-electron chi connectivity index (χ4n) is 2.51. The van der Waals surface area contributed by atoms with Crippen molar-refractivity contribution in [2.45, 2.75) is 13.3 Å². The highest BCUT2D eigenvalue weighted by atomic mass is 79.9. The van der Waals surface area contributed by atoms with Gasteiger partial charge in [0, 0.05) is 27.8 Å². The summed E-state index contributed by atoms with van der Waals surface area (Å²) < 4.78 is 42.1. The highest BCUT2D eigenvalue weighted by Gasteiger charge is 2.27. The highest BCUT2D eigenvalue weighted by molar-refractivity contribution is 9.10. The molecular formula is C17H15BrF2N3O2S+. The van der Waals surface area contributed by atoms with Crippen molar-refractivity contribution < 1.29 is 18.1 Å². The van der Waals surface area contributed by atoms with Gasteiger partial charge >= 0.3 is 0 Å². The third-order valence-electron chi connectivity index (χ3n) is 3.69. The molecule has 1 aromatic carbocycles. The van der Waals surface area contributed by atoms with Gasteiger partial charge in [-0.15, -0.1) is 0 Å². The number of fused-ring (bicyclic) bond motifs is 1. The van der Waals surface area contributed by atoms with Gasteiger partial charge in [0.2, 0.25) is 5.78 Å². The number of pyridine rings is 1. The van der Waals surface area contributed by atoms with E-state index in [1.165, 1.54) is 12.3 Å². The van der Waals surface area contributed by atoms with Crippen LogP contribution in [0.2, 0.25) is 0 Å². The van der Waals surface area contributed by atoms with Crippen molar-refractivity contribution in [3.8, 4) is 0 Å². The Morgan fingerprint density at radius 3 is 2.92 bits per heavy atom. The number of carbonyl (C=O) groups is 1. The Bertz CT molecular complexity index is 980. The van der Waals surface area contributed by atoms with Crippen LogP contribution in [-0.2, 0) is 11.4 Å². The second-order valence-electron chi connectivity index (χ2n) is 5.54. The largest absolute Gasteiger partial charge is 0.345 e. The van der Waals surface area contributed by atoms with Crippen molar-refractivity contribution in [3.05, 3.63) is 57.8 Å². The summed E-state index contributed by atoms with van der Waals surface area (Å²) in [6.45, 7) is 1.87. The number of ketones is 1. The predicted molar refractivity (Wildman–Crippen MR) is 102 cm³/mol. The van der Waals surface area contributed by atoms with Gasteiger partial charge in [-0.2, -0.15) is 9.27 Å². The van der Waals surface area contributed by atoms with Crippen molar-refractivity contribution in [2.24, 2.45) is 0 Å². The van der Waals surface area contributed by atoms with Crippen LogP contribution in [0.15, 0.2) is 35.1 Å². The Labute approximate surface area is 159 Å². The maximum atomic E-state index is 14.8. The van der Waals surface area contributed by atoms with Gasteiger partial charge in [-0.1, -0.05) is 6.92 Å². The third-order valence-corrected chi connectivity index (χ3v) is 5.37. The molecule has 3 N–H and O–H groups in total. The fourth-order valence-corrected chi connectivity index (χ4v) is 3.74. The number of anilines is 1.